The third-order valence-corrected chi connectivity index (χ3v) is 13.5. The van der Waals surface area contributed by atoms with Crippen molar-refractivity contribution in [1.29, 1.82) is 0 Å². The number of nitrogens with zero attached hydrogens (tertiary/aromatic N) is 1. The fourth-order valence-electron chi connectivity index (χ4n) is 6.53. The predicted molar refractivity (Wildman–Crippen MR) is 155 cm³/mol. The van der Waals surface area contributed by atoms with Crippen LogP contribution in [-0.2, 0) is 17.3 Å². The average Bonchev–Trinajstić information content (AvgIpc) is 3.22. The number of hydrogen-bond acceptors (Lipinski definition) is 3. The second-order valence-electron chi connectivity index (χ2n) is 11.9. The summed E-state index contributed by atoms with van der Waals surface area (Å²) in [4.78, 5) is 2.68. The zero-order valence-corrected chi connectivity index (χ0v) is 23.2. The number of nitrogen functional groups attached to an aromatic ring is 1. The van der Waals surface area contributed by atoms with Crippen LogP contribution in [0.3, 0.4) is 0 Å². The summed E-state index contributed by atoms with van der Waals surface area (Å²) in [7, 11) is -2.49. The Kier molecular flexibility index (Phi) is 7.39. The monoisotopic (exact) mass is 498 g/mol. The van der Waals surface area contributed by atoms with Crippen molar-refractivity contribution >= 4 is 24.4 Å². The molecule has 3 aromatic rings. The van der Waals surface area contributed by atoms with Gasteiger partial charge in [-0.25, -0.2) is 0 Å². The number of benzene rings is 3. The molecule has 3 nitrogen and oxygen atoms in total. The first-order valence-corrected chi connectivity index (χ1v) is 15.6. The minimum absolute atomic E-state index is 0.0258. The van der Waals surface area contributed by atoms with Gasteiger partial charge in [0, 0.05) is 25.3 Å². The van der Waals surface area contributed by atoms with Gasteiger partial charge in [0.05, 0.1) is 6.10 Å². The molecule has 2 atom stereocenters. The molecule has 0 spiro atoms. The van der Waals surface area contributed by atoms with Crippen molar-refractivity contribution in [2.45, 2.75) is 64.0 Å². The number of fused-ring (bicyclic) bond motifs is 1. The van der Waals surface area contributed by atoms with Crippen molar-refractivity contribution in [2.24, 2.45) is 5.92 Å². The molecule has 0 bridgehead atoms. The van der Waals surface area contributed by atoms with Crippen LogP contribution in [0.4, 0.5) is 5.69 Å². The van der Waals surface area contributed by atoms with E-state index in [-0.39, 0.29) is 11.1 Å². The van der Waals surface area contributed by atoms with Crippen LogP contribution in [0.2, 0.25) is 5.04 Å². The number of likely N-dealkylation sites (tertiary alicyclic amines) is 1. The Hall–Kier alpha value is -2.40. The van der Waals surface area contributed by atoms with Gasteiger partial charge in [-0.3, -0.25) is 0 Å². The maximum atomic E-state index is 7.43. The van der Waals surface area contributed by atoms with E-state index in [4.69, 9.17) is 10.2 Å². The van der Waals surface area contributed by atoms with Crippen LogP contribution in [0, 0.1) is 5.92 Å². The van der Waals surface area contributed by atoms with Crippen molar-refractivity contribution in [3.8, 4) is 0 Å². The Labute approximate surface area is 218 Å². The van der Waals surface area contributed by atoms with Gasteiger partial charge in [0.25, 0.3) is 8.32 Å². The molecule has 36 heavy (non-hydrogen) atoms. The van der Waals surface area contributed by atoms with Gasteiger partial charge >= 0.3 is 0 Å². The first-order valence-electron chi connectivity index (χ1n) is 13.7. The Morgan fingerprint density at radius 2 is 1.44 bits per heavy atom. The van der Waals surface area contributed by atoms with E-state index in [0.29, 0.717) is 0 Å². The first kappa shape index (κ1) is 25.3. The minimum atomic E-state index is -2.49. The van der Waals surface area contributed by atoms with E-state index in [1.54, 1.807) is 0 Å². The molecule has 1 unspecified atom stereocenters. The van der Waals surface area contributed by atoms with Crippen molar-refractivity contribution in [2.75, 3.05) is 25.4 Å². The van der Waals surface area contributed by atoms with Crippen LogP contribution in [0.15, 0.2) is 78.9 Å². The van der Waals surface area contributed by atoms with Gasteiger partial charge in [0.15, 0.2) is 0 Å². The highest BCUT2D eigenvalue weighted by atomic mass is 28.4. The molecule has 2 aliphatic rings. The predicted octanol–water partition coefficient (Wildman–Crippen LogP) is 5.41. The molecule has 0 amide bonds. The third-order valence-electron chi connectivity index (χ3n) is 8.38. The van der Waals surface area contributed by atoms with Gasteiger partial charge in [-0.1, -0.05) is 87.5 Å². The smallest absolute Gasteiger partial charge is 0.261 e. The van der Waals surface area contributed by atoms with E-state index < -0.39 is 8.32 Å². The second-order valence-corrected chi connectivity index (χ2v) is 16.2. The van der Waals surface area contributed by atoms with E-state index in [0.717, 1.165) is 37.5 Å². The fraction of sp³-hybridized carbons (Fsp3) is 0.438. The molecule has 1 fully saturated rings. The SMILES string of the molecule is CC(C)(C)[Si](O[C@@H]1CCN(CC2CCc3ccc(N)cc3CC2)C1)(c1ccccc1)c1ccccc1. The summed E-state index contributed by atoms with van der Waals surface area (Å²) < 4.78 is 7.43. The highest BCUT2D eigenvalue weighted by molar-refractivity contribution is 6.99. The van der Waals surface area contributed by atoms with E-state index in [9.17, 15) is 0 Å². The van der Waals surface area contributed by atoms with E-state index in [1.165, 1.54) is 47.3 Å². The first-order chi connectivity index (χ1) is 17.3. The normalized spacial score (nSPS) is 21.2. The summed E-state index contributed by atoms with van der Waals surface area (Å²) in [5.41, 5.74) is 9.92. The standard InChI is InChI=1S/C32H42N2OSi/c1-32(2,3)36(30-10-6-4-7-11-30,31-12-8-5-9-13-31)35-29-20-21-34(24-29)23-25-14-16-26-18-19-28(33)22-27(26)17-15-25/h4-13,18-19,22,25,29H,14-17,20-21,23-24,33H2,1-3H3/t25?,29-/m1/s1. The third kappa shape index (κ3) is 5.18. The summed E-state index contributed by atoms with van der Waals surface area (Å²) in [6, 6.07) is 28.6. The number of aryl methyl sites for hydroxylation is 2. The zero-order chi connectivity index (χ0) is 25.2. The van der Waals surface area contributed by atoms with Crippen molar-refractivity contribution < 1.29 is 4.43 Å². The molecule has 1 aliphatic carbocycles. The maximum Gasteiger partial charge on any atom is 0.261 e. The van der Waals surface area contributed by atoms with Gasteiger partial charge in [0.1, 0.15) is 0 Å². The molecule has 1 aliphatic heterocycles. The van der Waals surface area contributed by atoms with Gasteiger partial charge < -0.3 is 15.1 Å². The van der Waals surface area contributed by atoms with Gasteiger partial charge in [-0.15, -0.1) is 0 Å². The zero-order valence-electron chi connectivity index (χ0n) is 22.2. The van der Waals surface area contributed by atoms with E-state index >= 15 is 0 Å². The lowest BCUT2D eigenvalue weighted by Gasteiger charge is -2.44. The van der Waals surface area contributed by atoms with E-state index in [2.05, 4.69) is 105 Å². The van der Waals surface area contributed by atoms with Crippen LogP contribution in [0.1, 0.15) is 51.2 Å². The Morgan fingerprint density at radius 3 is 2.06 bits per heavy atom. The minimum Gasteiger partial charge on any atom is -0.403 e. The number of rotatable bonds is 6. The van der Waals surface area contributed by atoms with Crippen molar-refractivity contribution in [3.63, 3.8) is 0 Å². The summed E-state index contributed by atoms with van der Waals surface area (Å²) in [5.74, 6) is 0.741. The fourth-order valence-corrected chi connectivity index (χ4v) is 11.2. The Morgan fingerprint density at radius 1 is 0.833 bits per heavy atom. The molecule has 4 heteroatoms. The van der Waals surface area contributed by atoms with Crippen LogP contribution < -0.4 is 16.1 Å². The van der Waals surface area contributed by atoms with Gasteiger partial charge in [0.2, 0.25) is 0 Å². The molecule has 0 saturated carbocycles. The quantitative estimate of drug-likeness (QED) is 0.280. The molecule has 2 N–H and O–H groups in total. The highest BCUT2D eigenvalue weighted by Gasteiger charge is 2.52. The van der Waals surface area contributed by atoms with E-state index in [1.807, 2.05) is 0 Å². The lowest BCUT2D eigenvalue weighted by atomic mass is 9.99. The van der Waals surface area contributed by atoms with Gasteiger partial charge in [-0.05, 0) is 76.7 Å². The van der Waals surface area contributed by atoms with Crippen molar-refractivity contribution in [3.05, 3.63) is 90.0 Å². The Bertz CT molecular complexity index is 1100. The summed E-state index contributed by atoms with van der Waals surface area (Å²) in [6.07, 6.45) is 6.25. The second kappa shape index (κ2) is 10.5. The Balaban J connectivity index is 1.31. The largest absolute Gasteiger partial charge is 0.403 e. The van der Waals surface area contributed by atoms with Gasteiger partial charge in [-0.2, -0.15) is 0 Å². The van der Waals surface area contributed by atoms with Crippen LogP contribution in [0.5, 0.6) is 0 Å². The molecular formula is C32H42N2OSi. The molecule has 190 valence electrons. The van der Waals surface area contributed by atoms with Crippen molar-refractivity contribution in [1.82, 2.24) is 4.90 Å². The molecule has 1 saturated heterocycles. The summed E-state index contributed by atoms with van der Waals surface area (Å²) in [6.45, 7) is 10.5. The molecule has 0 aromatic heterocycles. The number of nitrogens with two attached hydrogens (primary N) is 1. The van der Waals surface area contributed by atoms with Crippen LogP contribution in [-0.4, -0.2) is 39.0 Å². The lowest BCUT2D eigenvalue weighted by Crippen LogP contribution is -2.67. The molecular weight excluding hydrogens is 456 g/mol. The average molecular weight is 499 g/mol. The molecule has 1 heterocycles. The summed E-state index contributed by atoms with van der Waals surface area (Å²) >= 11 is 0. The molecule has 3 aromatic carbocycles. The lowest BCUT2D eigenvalue weighted by molar-refractivity contribution is 0.178. The van der Waals surface area contributed by atoms with Crippen LogP contribution >= 0.6 is 0 Å². The van der Waals surface area contributed by atoms with Crippen LogP contribution in [0.25, 0.3) is 0 Å². The summed E-state index contributed by atoms with van der Waals surface area (Å²) in [5, 5.41) is 2.78. The molecule has 0 radical (unpaired) electrons. The number of hydrogen-bond donors (Lipinski definition) is 1. The maximum absolute atomic E-state index is 7.43. The topological polar surface area (TPSA) is 38.5 Å². The number of anilines is 1. The highest BCUT2D eigenvalue weighted by Crippen LogP contribution is 2.38. The molecule has 5 rings (SSSR count).